The molecule has 0 aliphatic carbocycles. The molecule has 0 amide bonds. The van der Waals surface area contributed by atoms with Crippen LogP contribution in [0.5, 0.6) is 11.5 Å². The molecule has 0 fully saturated rings. The average molecular weight is 255 g/mol. The summed E-state index contributed by atoms with van der Waals surface area (Å²) >= 11 is 0. The Morgan fingerprint density at radius 2 is 2.05 bits per heavy atom. The van der Waals surface area contributed by atoms with E-state index in [0.717, 1.165) is 16.8 Å². The number of pyridine rings is 1. The van der Waals surface area contributed by atoms with Crippen molar-refractivity contribution < 1.29 is 9.84 Å². The van der Waals surface area contributed by atoms with Gasteiger partial charge in [0.1, 0.15) is 0 Å². The van der Waals surface area contributed by atoms with Gasteiger partial charge in [-0.25, -0.2) is 9.50 Å². The lowest BCUT2D eigenvalue weighted by Gasteiger charge is -2.03. The Balaban J connectivity index is 2.13. The molecule has 0 radical (unpaired) electrons. The van der Waals surface area contributed by atoms with Gasteiger partial charge in [-0.2, -0.15) is 0 Å². The third-order valence-electron chi connectivity index (χ3n) is 2.93. The van der Waals surface area contributed by atoms with Crippen LogP contribution in [0.25, 0.3) is 17.0 Å². The van der Waals surface area contributed by atoms with E-state index in [1.165, 1.54) is 7.11 Å². The summed E-state index contributed by atoms with van der Waals surface area (Å²) in [7, 11) is 1.51. The van der Waals surface area contributed by atoms with Gasteiger partial charge in [-0.05, 0) is 42.8 Å². The predicted molar refractivity (Wildman–Crippen MR) is 71.4 cm³/mol. The standard InChI is InChI=1S/C14H13N3O2/c1-9-5-6-17-13(7-9)15-14(16-17)10-3-4-11(18)12(8-10)19-2/h3-8,18H,1-2H3. The first-order valence-electron chi connectivity index (χ1n) is 5.88. The molecule has 0 saturated heterocycles. The third kappa shape index (κ3) is 1.99. The number of nitrogens with zero attached hydrogens (tertiary/aromatic N) is 3. The SMILES string of the molecule is COc1cc(-c2nc3cc(C)ccn3n2)ccc1O. The second-order valence-corrected chi connectivity index (χ2v) is 4.33. The normalized spacial score (nSPS) is 10.8. The lowest BCUT2D eigenvalue weighted by atomic mass is 10.2. The van der Waals surface area contributed by atoms with Crippen molar-refractivity contribution in [2.75, 3.05) is 7.11 Å². The van der Waals surface area contributed by atoms with E-state index in [-0.39, 0.29) is 5.75 Å². The molecule has 0 bridgehead atoms. The summed E-state index contributed by atoms with van der Waals surface area (Å²) in [6, 6.07) is 9.00. The highest BCUT2D eigenvalue weighted by molar-refractivity contribution is 5.62. The highest BCUT2D eigenvalue weighted by Crippen LogP contribution is 2.30. The number of rotatable bonds is 2. The lowest BCUT2D eigenvalue weighted by molar-refractivity contribution is 0.373. The number of methoxy groups -OCH3 is 1. The number of phenols is 1. The molecule has 5 nitrogen and oxygen atoms in total. The zero-order valence-corrected chi connectivity index (χ0v) is 10.7. The summed E-state index contributed by atoms with van der Waals surface area (Å²) < 4.78 is 6.81. The number of hydrogen-bond donors (Lipinski definition) is 1. The average Bonchev–Trinajstić information content (AvgIpc) is 2.82. The van der Waals surface area contributed by atoms with E-state index < -0.39 is 0 Å². The molecule has 0 atom stereocenters. The van der Waals surface area contributed by atoms with E-state index in [2.05, 4.69) is 10.1 Å². The minimum Gasteiger partial charge on any atom is -0.504 e. The van der Waals surface area contributed by atoms with Gasteiger partial charge in [-0.3, -0.25) is 0 Å². The number of aromatic nitrogens is 3. The number of ether oxygens (including phenoxy) is 1. The van der Waals surface area contributed by atoms with Crippen LogP contribution in [0.2, 0.25) is 0 Å². The number of hydrogen-bond acceptors (Lipinski definition) is 4. The van der Waals surface area contributed by atoms with Crippen molar-refractivity contribution in [3.8, 4) is 22.9 Å². The van der Waals surface area contributed by atoms with Crippen molar-refractivity contribution >= 4 is 5.65 Å². The fraction of sp³-hybridized carbons (Fsp3) is 0.143. The third-order valence-corrected chi connectivity index (χ3v) is 2.93. The Kier molecular flexibility index (Phi) is 2.59. The Morgan fingerprint density at radius 1 is 1.21 bits per heavy atom. The van der Waals surface area contributed by atoms with Gasteiger partial charge >= 0.3 is 0 Å². The molecule has 0 aliphatic rings. The van der Waals surface area contributed by atoms with Gasteiger partial charge in [0.25, 0.3) is 0 Å². The second kappa shape index (κ2) is 4.28. The summed E-state index contributed by atoms with van der Waals surface area (Å²) in [6.45, 7) is 2.01. The summed E-state index contributed by atoms with van der Waals surface area (Å²) in [4.78, 5) is 4.46. The fourth-order valence-corrected chi connectivity index (χ4v) is 1.92. The van der Waals surface area contributed by atoms with Gasteiger partial charge < -0.3 is 9.84 Å². The molecular weight excluding hydrogens is 242 g/mol. The number of aromatic hydroxyl groups is 1. The van der Waals surface area contributed by atoms with Gasteiger partial charge in [0.05, 0.1) is 7.11 Å². The van der Waals surface area contributed by atoms with Crippen LogP contribution >= 0.6 is 0 Å². The van der Waals surface area contributed by atoms with E-state index in [1.807, 2.05) is 25.3 Å². The minimum atomic E-state index is 0.103. The quantitative estimate of drug-likeness (QED) is 0.764. The zero-order valence-electron chi connectivity index (χ0n) is 10.7. The summed E-state index contributed by atoms with van der Waals surface area (Å²) in [6.07, 6.45) is 1.87. The Bertz CT molecular complexity index is 750. The minimum absolute atomic E-state index is 0.103. The van der Waals surface area contributed by atoms with Crippen LogP contribution in [0, 0.1) is 6.92 Å². The van der Waals surface area contributed by atoms with Gasteiger partial charge in [0.15, 0.2) is 23.0 Å². The van der Waals surface area contributed by atoms with Crippen LogP contribution in [0.1, 0.15) is 5.56 Å². The number of aryl methyl sites for hydroxylation is 1. The molecular formula is C14H13N3O2. The van der Waals surface area contributed by atoms with Crippen LogP contribution in [-0.4, -0.2) is 26.8 Å². The van der Waals surface area contributed by atoms with Gasteiger partial charge in [0.2, 0.25) is 0 Å². The molecule has 0 unspecified atom stereocenters. The van der Waals surface area contributed by atoms with Gasteiger partial charge in [-0.1, -0.05) is 0 Å². The molecule has 3 aromatic rings. The van der Waals surface area contributed by atoms with E-state index in [9.17, 15) is 5.11 Å². The van der Waals surface area contributed by atoms with Crippen LogP contribution in [-0.2, 0) is 0 Å². The lowest BCUT2D eigenvalue weighted by Crippen LogP contribution is -1.88. The summed E-state index contributed by atoms with van der Waals surface area (Å²) in [5.41, 5.74) is 2.73. The fourth-order valence-electron chi connectivity index (χ4n) is 1.92. The van der Waals surface area contributed by atoms with Crippen LogP contribution in [0.4, 0.5) is 0 Å². The molecule has 5 heteroatoms. The molecule has 96 valence electrons. The van der Waals surface area contributed by atoms with Crippen molar-refractivity contribution in [2.24, 2.45) is 0 Å². The van der Waals surface area contributed by atoms with Crippen LogP contribution < -0.4 is 4.74 Å². The Morgan fingerprint density at radius 3 is 2.84 bits per heavy atom. The monoisotopic (exact) mass is 255 g/mol. The maximum atomic E-state index is 9.59. The molecule has 0 aliphatic heterocycles. The van der Waals surface area contributed by atoms with E-state index in [1.54, 1.807) is 22.7 Å². The highest BCUT2D eigenvalue weighted by atomic mass is 16.5. The van der Waals surface area contributed by atoms with Crippen molar-refractivity contribution in [3.63, 3.8) is 0 Å². The predicted octanol–water partition coefficient (Wildman–Crippen LogP) is 2.42. The summed E-state index contributed by atoms with van der Waals surface area (Å²) in [5.74, 6) is 1.11. The largest absolute Gasteiger partial charge is 0.504 e. The van der Waals surface area contributed by atoms with Gasteiger partial charge in [-0.15, -0.1) is 5.10 Å². The van der Waals surface area contributed by atoms with Crippen molar-refractivity contribution in [2.45, 2.75) is 6.92 Å². The van der Waals surface area contributed by atoms with Crippen LogP contribution in [0.3, 0.4) is 0 Å². The number of phenolic OH excluding ortho intramolecular Hbond substituents is 1. The highest BCUT2D eigenvalue weighted by Gasteiger charge is 2.09. The van der Waals surface area contributed by atoms with Crippen molar-refractivity contribution in [1.82, 2.24) is 14.6 Å². The molecule has 1 aromatic carbocycles. The zero-order chi connectivity index (χ0) is 13.4. The first kappa shape index (κ1) is 11.5. The number of fused-ring (bicyclic) bond motifs is 1. The van der Waals surface area contributed by atoms with Crippen LogP contribution in [0.15, 0.2) is 36.5 Å². The molecule has 0 spiro atoms. The Labute approximate surface area is 110 Å². The first-order valence-corrected chi connectivity index (χ1v) is 5.88. The topological polar surface area (TPSA) is 59.7 Å². The smallest absolute Gasteiger partial charge is 0.182 e. The van der Waals surface area contributed by atoms with Crippen molar-refractivity contribution in [3.05, 3.63) is 42.1 Å². The van der Waals surface area contributed by atoms with E-state index in [4.69, 9.17) is 4.74 Å². The second-order valence-electron chi connectivity index (χ2n) is 4.33. The first-order chi connectivity index (χ1) is 9.17. The molecule has 0 saturated carbocycles. The van der Waals surface area contributed by atoms with E-state index >= 15 is 0 Å². The molecule has 2 aromatic heterocycles. The maximum Gasteiger partial charge on any atom is 0.182 e. The molecule has 3 rings (SSSR count). The molecule has 1 N–H and O–H groups in total. The maximum absolute atomic E-state index is 9.59. The Hall–Kier alpha value is -2.56. The number of benzene rings is 1. The molecule has 2 heterocycles. The summed E-state index contributed by atoms with van der Waals surface area (Å²) in [5, 5.41) is 14.0. The van der Waals surface area contributed by atoms with Crippen molar-refractivity contribution in [1.29, 1.82) is 0 Å². The molecule has 19 heavy (non-hydrogen) atoms. The van der Waals surface area contributed by atoms with Gasteiger partial charge in [0, 0.05) is 11.8 Å². The van der Waals surface area contributed by atoms with E-state index in [0.29, 0.717) is 11.6 Å².